The van der Waals surface area contributed by atoms with Gasteiger partial charge in [0.15, 0.2) is 11.5 Å². The molecule has 2 aliphatic heterocycles. The second-order valence-electron chi connectivity index (χ2n) is 2.66. The van der Waals surface area contributed by atoms with Crippen molar-refractivity contribution >= 4 is 40.8 Å². The average molecular weight is 270 g/mol. The zero-order chi connectivity index (χ0) is 11.6. The van der Waals surface area contributed by atoms with Crippen LogP contribution in [0.5, 0.6) is 11.5 Å². The lowest BCUT2D eigenvalue weighted by Gasteiger charge is -2.20. The van der Waals surface area contributed by atoms with Gasteiger partial charge in [-0.2, -0.15) is 0 Å². The Kier molecular flexibility index (Phi) is 4.08. The zero-order valence-electron chi connectivity index (χ0n) is 7.68. The Morgan fingerprint density at radius 3 is 1.80 bits per heavy atom. The van der Waals surface area contributed by atoms with E-state index in [1.54, 1.807) is 13.0 Å². The van der Waals surface area contributed by atoms with Crippen molar-refractivity contribution in [2.45, 2.75) is 13.3 Å². The molecule has 2 bridgehead atoms. The topological polar surface area (TPSA) is 46.5 Å². The van der Waals surface area contributed by atoms with Crippen LogP contribution >= 0.6 is 34.8 Å². The molecule has 2 aliphatic rings. The number of fused-ring (bicyclic) bond motifs is 2. The van der Waals surface area contributed by atoms with Gasteiger partial charge in [0.05, 0.1) is 5.02 Å². The van der Waals surface area contributed by atoms with E-state index in [9.17, 15) is 4.79 Å². The molecule has 0 atom stereocenters. The predicted octanol–water partition coefficient (Wildman–Crippen LogP) is 4.23. The molecule has 15 heavy (non-hydrogen) atoms. The molecule has 1 N–H and O–H groups in total. The van der Waals surface area contributed by atoms with Crippen molar-refractivity contribution in [1.29, 1.82) is 0 Å². The van der Waals surface area contributed by atoms with Gasteiger partial charge in [0.25, 0.3) is 0 Å². The first kappa shape index (κ1) is 12.4. The first-order valence-corrected chi connectivity index (χ1v) is 5.17. The maximum atomic E-state index is 9.37. The summed E-state index contributed by atoms with van der Waals surface area (Å²) in [5, 5.41) is 8.88. The summed E-state index contributed by atoms with van der Waals surface area (Å²) in [6.07, 6.45) is 0.222. The third-order valence-electron chi connectivity index (χ3n) is 1.60. The second-order valence-corrected chi connectivity index (χ2v) is 3.80. The largest absolute Gasteiger partial charge is 0.481 e. The molecule has 82 valence electrons. The Bertz CT molecular complexity index is 372. The fourth-order valence-electron chi connectivity index (χ4n) is 0.767. The van der Waals surface area contributed by atoms with E-state index in [1.807, 2.05) is 0 Å². The SMILES string of the molecule is CCC(=O)O.Clc1c2cc(c(Cl)c1Cl)O2. The van der Waals surface area contributed by atoms with E-state index in [2.05, 4.69) is 0 Å². The van der Waals surface area contributed by atoms with Gasteiger partial charge in [0.2, 0.25) is 0 Å². The minimum atomic E-state index is -0.745. The summed E-state index contributed by atoms with van der Waals surface area (Å²) in [7, 11) is 0. The Morgan fingerprint density at radius 1 is 1.27 bits per heavy atom. The number of hydrogen-bond acceptors (Lipinski definition) is 2. The molecule has 0 saturated heterocycles. The number of aliphatic carboxylic acids is 1. The zero-order valence-corrected chi connectivity index (χ0v) is 9.95. The van der Waals surface area contributed by atoms with Gasteiger partial charge in [0, 0.05) is 12.5 Å². The molecule has 0 fully saturated rings. The number of ether oxygens (including phenoxy) is 1. The molecule has 1 aromatic carbocycles. The van der Waals surface area contributed by atoms with Crippen molar-refractivity contribution in [2.75, 3.05) is 0 Å². The highest BCUT2D eigenvalue weighted by Crippen LogP contribution is 2.51. The van der Waals surface area contributed by atoms with Crippen LogP contribution in [-0.2, 0) is 4.79 Å². The molecule has 3 nitrogen and oxygen atoms in total. The first-order chi connectivity index (χ1) is 6.97. The Morgan fingerprint density at radius 2 is 1.60 bits per heavy atom. The van der Waals surface area contributed by atoms with E-state index in [0.29, 0.717) is 26.6 Å². The third kappa shape index (κ3) is 2.68. The first-order valence-electron chi connectivity index (χ1n) is 4.04. The quantitative estimate of drug-likeness (QED) is 0.788. The van der Waals surface area contributed by atoms with Crippen LogP contribution in [0.3, 0.4) is 0 Å². The maximum Gasteiger partial charge on any atom is 0.303 e. The van der Waals surface area contributed by atoms with Crippen LogP contribution in [0.25, 0.3) is 0 Å². The van der Waals surface area contributed by atoms with E-state index >= 15 is 0 Å². The third-order valence-corrected chi connectivity index (χ3v) is 2.92. The molecule has 0 spiro atoms. The second kappa shape index (κ2) is 4.92. The number of carbonyl (C=O) groups is 1. The van der Waals surface area contributed by atoms with Crippen LogP contribution < -0.4 is 4.74 Å². The average Bonchev–Trinajstić information content (AvgIpc) is 2.12. The van der Waals surface area contributed by atoms with Gasteiger partial charge in [0.1, 0.15) is 10.0 Å². The van der Waals surface area contributed by atoms with Crippen molar-refractivity contribution in [1.82, 2.24) is 0 Å². The molecular formula is C9H7Cl3O3. The minimum absolute atomic E-state index is 0.222. The molecule has 1 aromatic rings. The van der Waals surface area contributed by atoms with E-state index in [4.69, 9.17) is 44.6 Å². The van der Waals surface area contributed by atoms with Crippen molar-refractivity contribution in [3.8, 4) is 11.5 Å². The van der Waals surface area contributed by atoms with Crippen LogP contribution in [-0.4, -0.2) is 11.1 Å². The highest BCUT2D eigenvalue weighted by Gasteiger charge is 2.24. The lowest BCUT2D eigenvalue weighted by molar-refractivity contribution is -0.136. The van der Waals surface area contributed by atoms with Crippen LogP contribution in [0.2, 0.25) is 15.1 Å². The van der Waals surface area contributed by atoms with Crippen LogP contribution in [0.1, 0.15) is 13.3 Å². The summed E-state index contributed by atoms with van der Waals surface area (Å²) in [5.41, 5.74) is 0. The fourth-order valence-corrected chi connectivity index (χ4v) is 1.38. The summed E-state index contributed by atoms with van der Waals surface area (Å²) < 4.78 is 5.00. The van der Waals surface area contributed by atoms with Crippen molar-refractivity contribution in [2.24, 2.45) is 0 Å². The normalized spacial score (nSPS) is 10.7. The summed E-state index contributed by atoms with van der Waals surface area (Å²) in [6.45, 7) is 1.60. The summed E-state index contributed by atoms with van der Waals surface area (Å²) >= 11 is 17.1. The number of rotatable bonds is 1. The predicted molar refractivity (Wildman–Crippen MR) is 59.5 cm³/mol. The van der Waals surface area contributed by atoms with E-state index < -0.39 is 5.97 Å². The number of halogens is 3. The monoisotopic (exact) mass is 268 g/mol. The van der Waals surface area contributed by atoms with Gasteiger partial charge in [-0.05, 0) is 0 Å². The highest BCUT2D eigenvalue weighted by atomic mass is 35.5. The molecule has 0 radical (unpaired) electrons. The number of benzene rings is 1. The van der Waals surface area contributed by atoms with Gasteiger partial charge < -0.3 is 9.84 Å². The lowest BCUT2D eigenvalue weighted by atomic mass is 10.2. The van der Waals surface area contributed by atoms with Gasteiger partial charge in [-0.1, -0.05) is 41.7 Å². The van der Waals surface area contributed by atoms with Crippen molar-refractivity contribution < 1.29 is 14.6 Å². The number of carboxylic acids is 1. The maximum absolute atomic E-state index is 9.37. The number of hydrogen-bond donors (Lipinski definition) is 1. The minimum Gasteiger partial charge on any atom is -0.481 e. The molecule has 0 aromatic heterocycles. The van der Waals surface area contributed by atoms with Crippen LogP contribution in [0.15, 0.2) is 6.07 Å². The summed E-state index contributed by atoms with van der Waals surface area (Å²) in [4.78, 5) is 9.37. The van der Waals surface area contributed by atoms with Crippen molar-refractivity contribution in [3.05, 3.63) is 21.1 Å². The van der Waals surface area contributed by atoms with Gasteiger partial charge >= 0.3 is 5.97 Å². The Balaban J connectivity index is 0.000000195. The smallest absolute Gasteiger partial charge is 0.303 e. The van der Waals surface area contributed by atoms with Gasteiger partial charge in [-0.25, -0.2) is 0 Å². The fraction of sp³-hybridized carbons (Fsp3) is 0.222. The Hall–Kier alpha value is -0.640. The van der Waals surface area contributed by atoms with E-state index in [-0.39, 0.29) is 6.42 Å². The molecule has 0 amide bonds. The standard InChI is InChI=1S/C6HCl3O.C3H6O2/c7-4-2-1-3(10-2)5(8)6(4)9;1-2-3(4)5/h1H;2H2,1H3,(H,4,5). The van der Waals surface area contributed by atoms with E-state index in [0.717, 1.165) is 0 Å². The van der Waals surface area contributed by atoms with E-state index in [1.165, 1.54) is 0 Å². The highest BCUT2D eigenvalue weighted by molar-refractivity contribution is 6.49. The molecule has 6 heteroatoms. The molecule has 2 heterocycles. The van der Waals surface area contributed by atoms with Gasteiger partial charge in [-0.15, -0.1) is 0 Å². The van der Waals surface area contributed by atoms with Gasteiger partial charge in [-0.3, -0.25) is 4.79 Å². The molecule has 3 rings (SSSR count). The Labute approximate surface area is 102 Å². The van der Waals surface area contributed by atoms with Crippen LogP contribution in [0.4, 0.5) is 0 Å². The number of carboxylic acid groups (broad SMARTS) is 1. The van der Waals surface area contributed by atoms with Crippen molar-refractivity contribution in [3.63, 3.8) is 0 Å². The lowest BCUT2D eigenvalue weighted by Crippen LogP contribution is -1.97. The van der Waals surface area contributed by atoms with Crippen LogP contribution in [0, 0.1) is 0 Å². The molecular weight excluding hydrogens is 262 g/mol. The summed E-state index contributed by atoms with van der Waals surface area (Å²) in [5.74, 6) is 0.460. The summed E-state index contributed by atoms with van der Waals surface area (Å²) in [6, 6.07) is 1.75. The molecule has 0 saturated carbocycles. The molecule has 0 unspecified atom stereocenters. The molecule has 0 aliphatic carbocycles.